The Morgan fingerprint density at radius 1 is 0.957 bits per heavy atom. The molecule has 4 nitrogen and oxygen atoms in total. The minimum Gasteiger partial charge on any atom is -0.390 e. The lowest BCUT2D eigenvalue weighted by Crippen LogP contribution is -2.13. The summed E-state index contributed by atoms with van der Waals surface area (Å²) < 4.78 is 1.93. The summed E-state index contributed by atoms with van der Waals surface area (Å²) in [6, 6.07) is 20.7. The molecule has 1 aromatic heterocycles. The third kappa shape index (κ3) is 3.48. The van der Waals surface area contributed by atoms with Crippen molar-refractivity contribution in [1.82, 2.24) is 15.0 Å². The van der Waals surface area contributed by atoms with Crippen molar-refractivity contribution in [3.05, 3.63) is 83.2 Å². The lowest BCUT2D eigenvalue weighted by Gasteiger charge is -2.15. The Hall–Kier alpha value is -2.46. The number of aryl methyl sites for hydroxylation is 1. The normalized spacial score (nSPS) is 12.3. The monoisotopic (exact) mass is 307 g/mol. The first-order chi connectivity index (χ1) is 11.3. The van der Waals surface area contributed by atoms with Gasteiger partial charge >= 0.3 is 0 Å². The molecule has 0 aliphatic rings. The Morgan fingerprint density at radius 3 is 2.26 bits per heavy atom. The summed E-state index contributed by atoms with van der Waals surface area (Å²) in [4.78, 5) is 0. The van der Waals surface area contributed by atoms with E-state index < -0.39 is 0 Å². The van der Waals surface area contributed by atoms with Crippen molar-refractivity contribution in [2.75, 3.05) is 0 Å². The molecule has 0 aliphatic heterocycles. The average molecular weight is 307 g/mol. The molecule has 1 heterocycles. The Morgan fingerprint density at radius 2 is 1.61 bits per heavy atom. The maximum absolute atomic E-state index is 9.57. The zero-order chi connectivity index (χ0) is 16.1. The second-order valence-corrected chi connectivity index (χ2v) is 5.66. The average Bonchev–Trinajstić information content (AvgIpc) is 3.04. The summed E-state index contributed by atoms with van der Waals surface area (Å²) in [5, 5.41) is 18.0. The van der Waals surface area contributed by atoms with Gasteiger partial charge in [0.2, 0.25) is 0 Å². The molecule has 0 amide bonds. The first-order valence-corrected chi connectivity index (χ1v) is 7.92. The van der Waals surface area contributed by atoms with Gasteiger partial charge in [0.15, 0.2) is 0 Å². The fraction of sp³-hybridized carbons (Fsp3) is 0.263. The third-order valence-electron chi connectivity index (χ3n) is 4.16. The van der Waals surface area contributed by atoms with Gasteiger partial charge in [-0.2, -0.15) is 0 Å². The van der Waals surface area contributed by atoms with Crippen LogP contribution in [0.3, 0.4) is 0 Å². The molecule has 23 heavy (non-hydrogen) atoms. The highest BCUT2D eigenvalue weighted by atomic mass is 16.3. The molecule has 3 rings (SSSR count). The molecule has 0 fully saturated rings. The summed E-state index contributed by atoms with van der Waals surface area (Å²) in [6.07, 6.45) is 1.72. The highest BCUT2D eigenvalue weighted by Gasteiger charge is 2.17. The summed E-state index contributed by atoms with van der Waals surface area (Å²) in [6.45, 7) is 2.03. The third-order valence-corrected chi connectivity index (χ3v) is 4.16. The SMILES string of the molecule is CC(c1ccccc1)n1nnc(CO)c1CCc1ccccc1. The van der Waals surface area contributed by atoms with E-state index in [4.69, 9.17) is 0 Å². The second kappa shape index (κ2) is 7.20. The van der Waals surface area contributed by atoms with Crippen molar-refractivity contribution in [1.29, 1.82) is 0 Å². The second-order valence-electron chi connectivity index (χ2n) is 5.66. The van der Waals surface area contributed by atoms with Crippen LogP contribution in [0.2, 0.25) is 0 Å². The Bertz CT molecular complexity index is 738. The lowest BCUT2D eigenvalue weighted by molar-refractivity contribution is 0.275. The van der Waals surface area contributed by atoms with Gasteiger partial charge in [0.1, 0.15) is 5.69 Å². The maximum atomic E-state index is 9.57. The van der Waals surface area contributed by atoms with E-state index in [1.165, 1.54) is 11.1 Å². The molecule has 0 radical (unpaired) electrons. The standard InChI is InChI=1S/C19H21N3O/c1-15(17-10-6-3-7-11-17)22-19(18(14-23)20-21-22)13-12-16-8-4-2-5-9-16/h2-11,15,23H,12-14H2,1H3. The smallest absolute Gasteiger partial charge is 0.111 e. The lowest BCUT2D eigenvalue weighted by atomic mass is 10.1. The van der Waals surface area contributed by atoms with Crippen LogP contribution in [-0.4, -0.2) is 20.1 Å². The van der Waals surface area contributed by atoms with Gasteiger partial charge in [0.25, 0.3) is 0 Å². The zero-order valence-corrected chi connectivity index (χ0v) is 13.3. The Kier molecular flexibility index (Phi) is 4.83. The number of nitrogens with zero attached hydrogens (tertiary/aromatic N) is 3. The Labute approximate surface area is 136 Å². The molecule has 1 N–H and O–H groups in total. The summed E-state index contributed by atoms with van der Waals surface area (Å²) in [5.41, 5.74) is 4.13. The van der Waals surface area contributed by atoms with Gasteiger partial charge in [-0.05, 0) is 30.9 Å². The van der Waals surface area contributed by atoms with Crippen molar-refractivity contribution in [3.8, 4) is 0 Å². The molecule has 1 atom stereocenters. The molecular weight excluding hydrogens is 286 g/mol. The largest absolute Gasteiger partial charge is 0.390 e. The summed E-state index contributed by atoms with van der Waals surface area (Å²) >= 11 is 0. The van der Waals surface area contributed by atoms with E-state index in [9.17, 15) is 5.11 Å². The van der Waals surface area contributed by atoms with E-state index in [0.29, 0.717) is 5.69 Å². The number of aliphatic hydroxyl groups is 1. The zero-order valence-electron chi connectivity index (χ0n) is 13.3. The van der Waals surface area contributed by atoms with Crippen molar-refractivity contribution in [2.45, 2.75) is 32.4 Å². The van der Waals surface area contributed by atoms with E-state index >= 15 is 0 Å². The van der Waals surface area contributed by atoms with Gasteiger partial charge in [0, 0.05) is 0 Å². The van der Waals surface area contributed by atoms with Crippen LogP contribution in [0.25, 0.3) is 0 Å². The number of aromatic nitrogens is 3. The van der Waals surface area contributed by atoms with Crippen LogP contribution in [0.1, 0.15) is 35.5 Å². The van der Waals surface area contributed by atoms with Crippen molar-refractivity contribution < 1.29 is 5.11 Å². The highest BCUT2D eigenvalue weighted by molar-refractivity contribution is 5.22. The van der Waals surface area contributed by atoms with E-state index in [0.717, 1.165) is 18.5 Å². The van der Waals surface area contributed by atoms with Gasteiger partial charge in [-0.3, -0.25) is 0 Å². The number of hydrogen-bond donors (Lipinski definition) is 1. The van der Waals surface area contributed by atoms with Crippen molar-refractivity contribution in [3.63, 3.8) is 0 Å². The van der Waals surface area contributed by atoms with E-state index in [1.54, 1.807) is 0 Å². The fourth-order valence-corrected chi connectivity index (χ4v) is 2.82. The van der Waals surface area contributed by atoms with E-state index in [1.807, 2.05) is 41.1 Å². The van der Waals surface area contributed by atoms with Crippen LogP contribution in [0, 0.1) is 0 Å². The molecule has 0 aliphatic carbocycles. The number of aliphatic hydroxyl groups excluding tert-OH is 1. The number of rotatable bonds is 6. The topological polar surface area (TPSA) is 50.9 Å². The quantitative estimate of drug-likeness (QED) is 0.761. The minimum atomic E-state index is -0.0777. The minimum absolute atomic E-state index is 0.0777. The predicted molar refractivity (Wildman–Crippen MR) is 90.0 cm³/mol. The molecular formula is C19H21N3O. The maximum Gasteiger partial charge on any atom is 0.111 e. The van der Waals surface area contributed by atoms with Crippen molar-refractivity contribution in [2.24, 2.45) is 0 Å². The van der Waals surface area contributed by atoms with E-state index in [-0.39, 0.29) is 12.6 Å². The molecule has 0 saturated carbocycles. The molecule has 0 saturated heterocycles. The molecule has 0 bridgehead atoms. The van der Waals surface area contributed by atoms with Crippen LogP contribution in [0.15, 0.2) is 60.7 Å². The summed E-state index contributed by atoms with van der Waals surface area (Å²) in [7, 11) is 0. The predicted octanol–water partition coefficient (Wildman–Crippen LogP) is 3.16. The first-order valence-electron chi connectivity index (χ1n) is 7.92. The molecule has 0 spiro atoms. The molecule has 2 aromatic carbocycles. The molecule has 118 valence electrons. The summed E-state index contributed by atoms with van der Waals surface area (Å²) in [5.74, 6) is 0. The van der Waals surface area contributed by atoms with Gasteiger partial charge in [0.05, 0.1) is 18.3 Å². The number of benzene rings is 2. The van der Waals surface area contributed by atoms with Crippen LogP contribution >= 0.6 is 0 Å². The van der Waals surface area contributed by atoms with Crippen LogP contribution in [0.5, 0.6) is 0 Å². The number of hydrogen-bond acceptors (Lipinski definition) is 3. The van der Waals surface area contributed by atoms with Gasteiger partial charge < -0.3 is 5.11 Å². The van der Waals surface area contributed by atoms with Crippen molar-refractivity contribution >= 4 is 0 Å². The van der Waals surface area contributed by atoms with Crippen LogP contribution < -0.4 is 0 Å². The van der Waals surface area contributed by atoms with E-state index in [2.05, 4.69) is 41.5 Å². The molecule has 4 heteroatoms. The van der Waals surface area contributed by atoms with Crippen LogP contribution in [-0.2, 0) is 19.4 Å². The highest BCUT2D eigenvalue weighted by Crippen LogP contribution is 2.21. The first kappa shape index (κ1) is 15.4. The molecule has 3 aromatic rings. The van der Waals surface area contributed by atoms with Gasteiger partial charge in [-0.1, -0.05) is 65.9 Å². The van der Waals surface area contributed by atoms with Gasteiger partial charge in [-0.15, -0.1) is 5.10 Å². The Balaban J connectivity index is 1.85. The van der Waals surface area contributed by atoms with Gasteiger partial charge in [-0.25, -0.2) is 4.68 Å². The fourth-order valence-electron chi connectivity index (χ4n) is 2.82. The molecule has 1 unspecified atom stereocenters. The van der Waals surface area contributed by atoms with Crippen LogP contribution in [0.4, 0.5) is 0 Å².